The van der Waals surface area contributed by atoms with Gasteiger partial charge in [-0.25, -0.2) is 0 Å². The Balaban J connectivity index is 1.44. The Kier molecular flexibility index (Phi) is 11.6. The highest BCUT2D eigenvalue weighted by Gasteiger charge is 2.29. The summed E-state index contributed by atoms with van der Waals surface area (Å²) in [7, 11) is 1.32. The number of hydrogen-bond donors (Lipinski definition) is 1. The highest BCUT2D eigenvalue weighted by Crippen LogP contribution is 2.31. The molecule has 0 bridgehead atoms. The van der Waals surface area contributed by atoms with Gasteiger partial charge in [0.15, 0.2) is 0 Å². The first-order chi connectivity index (χ1) is 19.2. The molecule has 3 rings (SSSR count). The zero-order valence-corrected chi connectivity index (χ0v) is 22.9. The van der Waals surface area contributed by atoms with E-state index in [1.54, 1.807) is 12.1 Å². The number of esters is 1. The number of aryl methyl sites for hydroxylation is 1. The summed E-state index contributed by atoms with van der Waals surface area (Å²) in [6, 6.07) is 20.1. The Morgan fingerprint density at radius 1 is 0.875 bits per heavy atom. The molecule has 40 heavy (non-hydrogen) atoms. The van der Waals surface area contributed by atoms with E-state index < -0.39 is 11.7 Å². The largest absolute Gasteiger partial charge is 0.493 e. The number of halogens is 3. The monoisotopic (exact) mass is 555 g/mol. The van der Waals surface area contributed by atoms with Gasteiger partial charge in [0, 0.05) is 12.1 Å². The SMILES string of the molecule is CCCC(CCCc1ccc(C(=O)NCCC(=O)OC)cc1)COc1ccc(-c2ccc(C(F)(F)F)cc2)cc1. The van der Waals surface area contributed by atoms with Gasteiger partial charge in [-0.3, -0.25) is 9.59 Å². The number of ether oxygens (including phenoxy) is 2. The number of benzene rings is 3. The number of nitrogens with one attached hydrogen (secondary N) is 1. The molecule has 8 heteroatoms. The van der Waals surface area contributed by atoms with Crippen LogP contribution in [0.3, 0.4) is 0 Å². The maximum atomic E-state index is 12.8. The standard InChI is InChI=1S/C32H36F3NO4/c1-3-5-24(7-4-6-23-8-10-27(11-9-23)31(38)36-21-20-30(37)39-2)22-40-29-18-14-26(15-19-29)25-12-16-28(17-13-25)32(33,34)35/h8-19,24H,3-7,20-22H2,1-2H3,(H,36,38). The Bertz CT molecular complexity index is 1210. The van der Waals surface area contributed by atoms with Gasteiger partial charge in [-0.1, -0.05) is 49.7 Å². The summed E-state index contributed by atoms with van der Waals surface area (Å²) in [5.74, 6) is 0.552. The van der Waals surface area contributed by atoms with Crippen molar-refractivity contribution >= 4 is 11.9 Å². The first-order valence-electron chi connectivity index (χ1n) is 13.5. The average Bonchev–Trinajstić information content (AvgIpc) is 2.96. The molecule has 3 aromatic carbocycles. The van der Waals surface area contributed by atoms with Crippen LogP contribution in [0.4, 0.5) is 13.2 Å². The summed E-state index contributed by atoms with van der Waals surface area (Å²) in [6.07, 6.45) is 0.791. The smallest absolute Gasteiger partial charge is 0.416 e. The third kappa shape index (κ3) is 9.74. The first-order valence-corrected chi connectivity index (χ1v) is 13.5. The van der Waals surface area contributed by atoms with E-state index in [2.05, 4.69) is 17.0 Å². The minimum absolute atomic E-state index is 0.136. The molecule has 1 atom stereocenters. The quantitative estimate of drug-likeness (QED) is 0.210. The van der Waals surface area contributed by atoms with Crippen molar-refractivity contribution in [3.05, 3.63) is 89.5 Å². The zero-order valence-electron chi connectivity index (χ0n) is 22.9. The van der Waals surface area contributed by atoms with E-state index >= 15 is 0 Å². The molecule has 1 amide bonds. The second-order valence-electron chi connectivity index (χ2n) is 9.74. The molecule has 0 aromatic heterocycles. The highest BCUT2D eigenvalue weighted by atomic mass is 19.4. The number of carbonyl (C=O) groups excluding carboxylic acids is 2. The second kappa shape index (κ2) is 15.1. The number of alkyl halides is 3. The van der Waals surface area contributed by atoms with Gasteiger partial charge in [-0.15, -0.1) is 0 Å². The minimum Gasteiger partial charge on any atom is -0.493 e. The van der Waals surface area contributed by atoms with Gasteiger partial charge in [0.05, 0.1) is 25.7 Å². The van der Waals surface area contributed by atoms with Crippen LogP contribution in [0, 0.1) is 5.92 Å². The normalized spacial score (nSPS) is 12.0. The Hall–Kier alpha value is -3.81. The number of rotatable bonds is 14. The van der Waals surface area contributed by atoms with Crippen LogP contribution in [-0.2, 0) is 22.1 Å². The number of carbonyl (C=O) groups is 2. The molecule has 3 aromatic rings. The van der Waals surface area contributed by atoms with Gasteiger partial charge in [0.2, 0.25) is 0 Å². The summed E-state index contributed by atoms with van der Waals surface area (Å²) < 4.78 is 49.0. The number of amides is 1. The van der Waals surface area contributed by atoms with Crippen molar-refractivity contribution in [2.45, 2.75) is 51.6 Å². The molecule has 0 spiro atoms. The molecular weight excluding hydrogens is 519 g/mol. The fourth-order valence-electron chi connectivity index (χ4n) is 4.43. The predicted octanol–water partition coefficient (Wildman–Crippen LogP) is 7.48. The molecular formula is C32H36F3NO4. The average molecular weight is 556 g/mol. The molecule has 0 aliphatic carbocycles. The zero-order chi connectivity index (χ0) is 29.0. The molecule has 0 aliphatic rings. The van der Waals surface area contributed by atoms with Crippen LogP contribution >= 0.6 is 0 Å². The van der Waals surface area contributed by atoms with E-state index in [-0.39, 0.29) is 24.8 Å². The van der Waals surface area contributed by atoms with Crippen LogP contribution in [0.1, 0.15) is 60.5 Å². The number of hydrogen-bond acceptors (Lipinski definition) is 4. The predicted molar refractivity (Wildman–Crippen MR) is 149 cm³/mol. The van der Waals surface area contributed by atoms with Gasteiger partial charge in [-0.2, -0.15) is 13.2 Å². The van der Waals surface area contributed by atoms with Crippen LogP contribution in [-0.4, -0.2) is 32.1 Å². The van der Waals surface area contributed by atoms with E-state index in [9.17, 15) is 22.8 Å². The van der Waals surface area contributed by atoms with Gasteiger partial charge >= 0.3 is 12.1 Å². The van der Waals surface area contributed by atoms with Crippen molar-refractivity contribution in [1.82, 2.24) is 5.32 Å². The van der Waals surface area contributed by atoms with E-state index in [4.69, 9.17) is 4.74 Å². The van der Waals surface area contributed by atoms with Crippen LogP contribution in [0.25, 0.3) is 11.1 Å². The van der Waals surface area contributed by atoms with Gasteiger partial charge in [0.25, 0.3) is 5.91 Å². The van der Waals surface area contributed by atoms with Crippen molar-refractivity contribution in [1.29, 1.82) is 0 Å². The summed E-state index contributed by atoms with van der Waals surface area (Å²) >= 11 is 0. The topological polar surface area (TPSA) is 64.6 Å². The van der Waals surface area contributed by atoms with Crippen molar-refractivity contribution in [3.8, 4) is 16.9 Å². The van der Waals surface area contributed by atoms with E-state index in [1.165, 1.54) is 19.2 Å². The fraction of sp³-hybridized carbons (Fsp3) is 0.375. The van der Waals surface area contributed by atoms with Gasteiger partial charge in [0.1, 0.15) is 5.75 Å². The maximum Gasteiger partial charge on any atom is 0.416 e. The third-order valence-corrected chi connectivity index (χ3v) is 6.72. The summed E-state index contributed by atoms with van der Waals surface area (Å²) in [5, 5.41) is 2.71. The molecule has 0 heterocycles. The summed E-state index contributed by atoms with van der Waals surface area (Å²) in [6.45, 7) is 2.98. The van der Waals surface area contributed by atoms with E-state index in [0.29, 0.717) is 18.1 Å². The van der Waals surface area contributed by atoms with Gasteiger partial charge < -0.3 is 14.8 Å². The lowest BCUT2D eigenvalue weighted by Crippen LogP contribution is -2.26. The lowest BCUT2D eigenvalue weighted by atomic mass is 9.96. The van der Waals surface area contributed by atoms with Crippen LogP contribution < -0.4 is 10.1 Å². The summed E-state index contributed by atoms with van der Waals surface area (Å²) in [5.41, 5.74) is 2.59. The van der Waals surface area contributed by atoms with Crippen LogP contribution in [0.15, 0.2) is 72.8 Å². The molecule has 0 radical (unpaired) electrons. The van der Waals surface area contributed by atoms with Crippen molar-refractivity contribution < 1.29 is 32.2 Å². The van der Waals surface area contributed by atoms with Crippen molar-refractivity contribution in [3.63, 3.8) is 0 Å². The molecule has 1 N–H and O–H groups in total. The second-order valence-corrected chi connectivity index (χ2v) is 9.74. The Labute approximate surface area is 233 Å². The molecule has 5 nitrogen and oxygen atoms in total. The molecule has 0 fully saturated rings. The Morgan fingerprint density at radius 2 is 1.50 bits per heavy atom. The molecule has 214 valence electrons. The highest BCUT2D eigenvalue weighted by molar-refractivity contribution is 5.94. The van der Waals surface area contributed by atoms with Crippen molar-refractivity contribution in [2.75, 3.05) is 20.3 Å². The first kappa shape index (κ1) is 30.7. The van der Waals surface area contributed by atoms with Crippen LogP contribution in [0.5, 0.6) is 5.75 Å². The maximum absolute atomic E-state index is 12.8. The van der Waals surface area contributed by atoms with E-state index in [1.807, 2.05) is 36.4 Å². The summed E-state index contributed by atoms with van der Waals surface area (Å²) in [4.78, 5) is 23.4. The minimum atomic E-state index is -4.34. The molecule has 1 unspecified atom stereocenters. The van der Waals surface area contributed by atoms with Gasteiger partial charge in [-0.05, 0) is 84.7 Å². The van der Waals surface area contributed by atoms with Crippen LogP contribution in [0.2, 0.25) is 0 Å². The fourth-order valence-corrected chi connectivity index (χ4v) is 4.43. The Morgan fingerprint density at radius 3 is 2.08 bits per heavy atom. The molecule has 0 aliphatic heterocycles. The van der Waals surface area contributed by atoms with E-state index in [0.717, 1.165) is 66.7 Å². The number of methoxy groups -OCH3 is 1. The van der Waals surface area contributed by atoms with Crippen molar-refractivity contribution in [2.24, 2.45) is 5.92 Å². The lowest BCUT2D eigenvalue weighted by molar-refractivity contribution is -0.140. The molecule has 0 saturated heterocycles. The lowest BCUT2D eigenvalue weighted by Gasteiger charge is -2.17. The third-order valence-electron chi connectivity index (χ3n) is 6.72. The molecule has 0 saturated carbocycles.